The standard InChI is InChI=1S/C22H31N5O3/c1-2-3-4-13-30-19-7-5-18(6-8-19)22(28)24-10-9-23-20-16-21(26-17-25-20)27-11-14-29-15-12-27/h5-8,16-17H,2-4,9-15H2,1H3,(H,24,28)(H,23,25,26). The van der Waals surface area contributed by atoms with Crippen LogP contribution >= 0.6 is 0 Å². The maximum atomic E-state index is 12.3. The topological polar surface area (TPSA) is 88.6 Å². The number of aromatic nitrogens is 2. The summed E-state index contributed by atoms with van der Waals surface area (Å²) >= 11 is 0. The molecule has 0 aliphatic carbocycles. The lowest BCUT2D eigenvalue weighted by molar-refractivity contribution is 0.0955. The SMILES string of the molecule is CCCCCOc1ccc(C(=O)NCCNc2cc(N3CCOCC3)ncn2)cc1. The van der Waals surface area contributed by atoms with Crippen LogP contribution in [0, 0.1) is 0 Å². The molecule has 3 rings (SSSR count). The van der Waals surface area contributed by atoms with Crippen LogP contribution in [0.15, 0.2) is 36.7 Å². The predicted molar refractivity (Wildman–Crippen MR) is 117 cm³/mol. The van der Waals surface area contributed by atoms with Gasteiger partial charge < -0.3 is 25.0 Å². The number of nitrogens with one attached hydrogen (secondary N) is 2. The molecule has 0 atom stereocenters. The lowest BCUT2D eigenvalue weighted by atomic mass is 10.2. The summed E-state index contributed by atoms with van der Waals surface area (Å²) in [6.07, 6.45) is 4.94. The number of unbranched alkanes of at least 4 members (excludes halogenated alkanes) is 2. The highest BCUT2D eigenvalue weighted by Crippen LogP contribution is 2.15. The van der Waals surface area contributed by atoms with Gasteiger partial charge in [-0.25, -0.2) is 9.97 Å². The molecule has 1 amide bonds. The molecular formula is C22H31N5O3. The first kappa shape index (κ1) is 21.8. The molecule has 162 valence electrons. The Hall–Kier alpha value is -2.87. The van der Waals surface area contributed by atoms with Crippen LogP contribution in [0.5, 0.6) is 5.75 Å². The molecule has 1 fully saturated rings. The summed E-state index contributed by atoms with van der Waals surface area (Å²) in [5, 5.41) is 6.14. The Balaban J connectivity index is 1.38. The number of rotatable bonds is 11. The minimum Gasteiger partial charge on any atom is -0.494 e. The summed E-state index contributed by atoms with van der Waals surface area (Å²) in [6.45, 7) is 7.02. The summed E-state index contributed by atoms with van der Waals surface area (Å²) < 4.78 is 11.1. The van der Waals surface area contributed by atoms with E-state index in [-0.39, 0.29) is 5.91 Å². The fourth-order valence-electron chi connectivity index (χ4n) is 3.12. The Morgan fingerprint density at radius 1 is 1.13 bits per heavy atom. The first-order valence-electron chi connectivity index (χ1n) is 10.7. The zero-order chi connectivity index (χ0) is 21.0. The number of benzene rings is 1. The largest absolute Gasteiger partial charge is 0.494 e. The average molecular weight is 414 g/mol. The molecule has 1 aromatic carbocycles. The quantitative estimate of drug-likeness (QED) is 0.548. The minimum atomic E-state index is -0.106. The van der Waals surface area contributed by atoms with Crippen molar-refractivity contribution in [2.75, 3.05) is 56.2 Å². The Labute approximate surface area is 178 Å². The third kappa shape index (κ3) is 6.88. The molecule has 2 N–H and O–H groups in total. The molecule has 0 bridgehead atoms. The van der Waals surface area contributed by atoms with Crippen LogP contribution < -0.4 is 20.3 Å². The molecule has 0 saturated carbocycles. The lowest BCUT2D eigenvalue weighted by Gasteiger charge is -2.27. The summed E-state index contributed by atoms with van der Waals surface area (Å²) in [6, 6.07) is 9.18. The Bertz CT molecular complexity index is 779. The van der Waals surface area contributed by atoms with Gasteiger partial charge in [0.05, 0.1) is 19.8 Å². The number of nitrogens with zero attached hydrogens (tertiary/aromatic N) is 3. The van der Waals surface area contributed by atoms with E-state index in [1.54, 1.807) is 18.5 Å². The number of anilines is 2. The van der Waals surface area contributed by atoms with Gasteiger partial charge in [0.2, 0.25) is 0 Å². The summed E-state index contributed by atoms with van der Waals surface area (Å²) in [5.41, 5.74) is 0.618. The Morgan fingerprint density at radius 2 is 1.93 bits per heavy atom. The molecule has 8 nitrogen and oxygen atoms in total. The van der Waals surface area contributed by atoms with Crippen LogP contribution in [0.1, 0.15) is 36.5 Å². The first-order chi connectivity index (χ1) is 14.8. The second kappa shape index (κ2) is 12.0. The van der Waals surface area contributed by atoms with Gasteiger partial charge in [-0.3, -0.25) is 4.79 Å². The second-order valence-electron chi connectivity index (χ2n) is 7.12. The smallest absolute Gasteiger partial charge is 0.251 e. The van der Waals surface area contributed by atoms with Crippen molar-refractivity contribution in [3.05, 3.63) is 42.2 Å². The van der Waals surface area contributed by atoms with E-state index in [0.717, 1.165) is 43.3 Å². The van der Waals surface area contributed by atoms with Crippen molar-refractivity contribution in [3.8, 4) is 5.75 Å². The average Bonchev–Trinajstić information content (AvgIpc) is 2.81. The highest BCUT2D eigenvalue weighted by molar-refractivity contribution is 5.94. The van der Waals surface area contributed by atoms with Gasteiger partial charge in [-0.2, -0.15) is 0 Å². The fraction of sp³-hybridized carbons (Fsp3) is 0.500. The number of ether oxygens (including phenoxy) is 2. The van der Waals surface area contributed by atoms with E-state index in [0.29, 0.717) is 38.5 Å². The second-order valence-corrected chi connectivity index (χ2v) is 7.12. The van der Waals surface area contributed by atoms with E-state index in [4.69, 9.17) is 9.47 Å². The van der Waals surface area contributed by atoms with Crippen molar-refractivity contribution < 1.29 is 14.3 Å². The van der Waals surface area contributed by atoms with Crippen molar-refractivity contribution in [2.45, 2.75) is 26.2 Å². The normalized spacial score (nSPS) is 13.7. The van der Waals surface area contributed by atoms with Crippen LogP contribution in [-0.2, 0) is 4.74 Å². The van der Waals surface area contributed by atoms with Gasteiger partial charge in [0.1, 0.15) is 23.7 Å². The number of hydrogen-bond donors (Lipinski definition) is 2. The highest BCUT2D eigenvalue weighted by Gasteiger charge is 2.13. The third-order valence-corrected chi connectivity index (χ3v) is 4.84. The maximum Gasteiger partial charge on any atom is 0.251 e. The van der Waals surface area contributed by atoms with Crippen molar-refractivity contribution >= 4 is 17.5 Å². The highest BCUT2D eigenvalue weighted by atomic mass is 16.5. The van der Waals surface area contributed by atoms with Crippen molar-refractivity contribution in [3.63, 3.8) is 0 Å². The Kier molecular flexibility index (Phi) is 8.71. The van der Waals surface area contributed by atoms with E-state index in [9.17, 15) is 4.79 Å². The number of amides is 1. The van der Waals surface area contributed by atoms with Gasteiger partial charge in [0.15, 0.2) is 0 Å². The number of carbonyl (C=O) groups excluding carboxylic acids is 1. The molecule has 2 heterocycles. The lowest BCUT2D eigenvalue weighted by Crippen LogP contribution is -2.36. The van der Waals surface area contributed by atoms with Crippen molar-refractivity contribution in [2.24, 2.45) is 0 Å². The number of carbonyl (C=O) groups is 1. The van der Waals surface area contributed by atoms with Crippen LogP contribution in [-0.4, -0.2) is 61.9 Å². The number of hydrogen-bond acceptors (Lipinski definition) is 7. The summed E-state index contributed by atoms with van der Waals surface area (Å²) in [4.78, 5) is 23.1. The van der Waals surface area contributed by atoms with Crippen molar-refractivity contribution in [1.82, 2.24) is 15.3 Å². The van der Waals surface area contributed by atoms with Gasteiger partial charge in [0, 0.05) is 37.8 Å². The fourth-order valence-corrected chi connectivity index (χ4v) is 3.12. The van der Waals surface area contributed by atoms with Crippen LogP contribution in [0.4, 0.5) is 11.6 Å². The van der Waals surface area contributed by atoms with Gasteiger partial charge in [0.25, 0.3) is 5.91 Å². The molecule has 0 radical (unpaired) electrons. The van der Waals surface area contributed by atoms with Gasteiger partial charge >= 0.3 is 0 Å². The van der Waals surface area contributed by atoms with Gasteiger partial charge in [-0.15, -0.1) is 0 Å². The molecule has 2 aromatic rings. The van der Waals surface area contributed by atoms with Gasteiger partial charge in [-0.1, -0.05) is 19.8 Å². The molecule has 30 heavy (non-hydrogen) atoms. The van der Waals surface area contributed by atoms with Crippen LogP contribution in [0.3, 0.4) is 0 Å². The first-order valence-corrected chi connectivity index (χ1v) is 10.7. The Morgan fingerprint density at radius 3 is 2.70 bits per heavy atom. The maximum absolute atomic E-state index is 12.3. The van der Waals surface area contributed by atoms with E-state index in [2.05, 4.69) is 32.4 Å². The monoisotopic (exact) mass is 413 g/mol. The van der Waals surface area contributed by atoms with Crippen LogP contribution in [0.2, 0.25) is 0 Å². The predicted octanol–water partition coefficient (Wildman–Crippen LogP) is 2.72. The summed E-state index contributed by atoms with van der Waals surface area (Å²) in [7, 11) is 0. The molecule has 1 aliphatic rings. The third-order valence-electron chi connectivity index (χ3n) is 4.84. The molecule has 8 heteroatoms. The molecule has 1 aliphatic heterocycles. The van der Waals surface area contributed by atoms with Crippen LogP contribution in [0.25, 0.3) is 0 Å². The van der Waals surface area contributed by atoms with E-state index >= 15 is 0 Å². The van der Waals surface area contributed by atoms with E-state index in [1.807, 2.05) is 18.2 Å². The van der Waals surface area contributed by atoms with Crippen molar-refractivity contribution in [1.29, 1.82) is 0 Å². The minimum absolute atomic E-state index is 0.106. The molecule has 0 spiro atoms. The number of morpholine rings is 1. The van der Waals surface area contributed by atoms with E-state index in [1.165, 1.54) is 6.42 Å². The summed E-state index contributed by atoms with van der Waals surface area (Å²) in [5.74, 6) is 2.32. The molecule has 0 unspecified atom stereocenters. The van der Waals surface area contributed by atoms with Gasteiger partial charge in [-0.05, 0) is 30.7 Å². The zero-order valence-corrected chi connectivity index (χ0v) is 17.6. The van der Waals surface area contributed by atoms with E-state index < -0.39 is 0 Å². The molecular weight excluding hydrogens is 382 g/mol. The molecule has 1 aromatic heterocycles. The molecule has 1 saturated heterocycles. The zero-order valence-electron chi connectivity index (χ0n) is 17.6.